The Bertz CT molecular complexity index is 795. The Kier molecular flexibility index (Phi) is 3.48. The predicted molar refractivity (Wildman–Crippen MR) is 81.3 cm³/mol. The Morgan fingerprint density at radius 1 is 1.00 bits per heavy atom. The second kappa shape index (κ2) is 5.46. The van der Waals surface area contributed by atoms with E-state index in [1.165, 1.54) is 0 Å². The second-order valence-electron chi connectivity index (χ2n) is 4.95. The molecule has 1 aliphatic rings. The van der Waals surface area contributed by atoms with E-state index in [9.17, 15) is 14.7 Å². The summed E-state index contributed by atoms with van der Waals surface area (Å²) < 4.78 is 0. The first-order valence-corrected chi connectivity index (χ1v) is 6.69. The van der Waals surface area contributed by atoms with Gasteiger partial charge in [0.15, 0.2) is 0 Å². The number of benzene rings is 2. The number of carbonyl (C=O) groups excluding carboxylic acids is 1. The van der Waals surface area contributed by atoms with Gasteiger partial charge in [-0.25, -0.2) is 4.79 Å². The molecule has 3 rings (SSSR count). The lowest BCUT2D eigenvalue weighted by Crippen LogP contribution is -2.09. The molecule has 0 saturated carbocycles. The van der Waals surface area contributed by atoms with Crippen LogP contribution in [0.1, 0.15) is 17.2 Å². The van der Waals surface area contributed by atoms with Crippen molar-refractivity contribution in [2.75, 3.05) is 5.32 Å². The Morgan fingerprint density at radius 3 is 2.50 bits per heavy atom. The molecule has 0 aliphatic heterocycles. The number of amides is 1. The highest BCUT2D eigenvalue weighted by Crippen LogP contribution is 2.44. The number of aliphatic hydroxyl groups is 1. The van der Waals surface area contributed by atoms with Gasteiger partial charge in [-0.15, -0.1) is 0 Å². The average molecular weight is 295 g/mol. The molecule has 0 radical (unpaired) electrons. The zero-order chi connectivity index (χ0) is 15.7. The minimum absolute atomic E-state index is 0.505. The van der Waals surface area contributed by atoms with Gasteiger partial charge in [-0.05, 0) is 34.4 Å². The molecule has 1 aliphatic carbocycles. The van der Waals surface area contributed by atoms with E-state index in [0.717, 1.165) is 34.4 Å². The molecule has 5 heteroatoms. The molecule has 0 saturated heterocycles. The summed E-state index contributed by atoms with van der Waals surface area (Å²) >= 11 is 0. The molecule has 5 nitrogen and oxygen atoms in total. The van der Waals surface area contributed by atoms with Crippen LogP contribution < -0.4 is 5.32 Å². The highest BCUT2D eigenvalue weighted by Gasteiger charge is 2.26. The first-order chi connectivity index (χ1) is 10.6. The molecule has 3 N–H and O–H groups in total. The lowest BCUT2D eigenvalue weighted by atomic mass is 10.1. The quantitative estimate of drug-likeness (QED) is 0.758. The van der Waals surface area contributed by atoms with Crippen molar-refractivity contribution in [3.63, 3.8) is 0 Å². The number of rotatable bonds is 3. The monoisotopic (exact) mass is 295 g/mol. The summed E-state index contributed by atoms with van der Waals surface area (Å²) in [4.78, 5) is 22.0. The largest absolute Gasteiger partial charge is 0.478 e. The number of fused-ring (bicyclic) bond motifs is 3. The number of carboxylic acids is 1. The van der Waals surface area contributed by atoms with Crippen LogP contribution in [0, 0.1) is 0 Å². The van der Waals surface area contributed by atoms with Crippen LogP contribution in [0.2, 0.25) is 0 Å². The van der Waals surface area contributed by atoms with Crippen molar-refractivity contribution in [3.8, 4) is 11.1 Å². The summed E-state index contributed by atoms with van der Waals surface area (Å²) in [5.41, 5.74) is 3.98. The van der Waals surface area contributed by atoms with Crippen molar-refractivity contribution in [3.05, 3.63) is 65.7 Å². The molecule has 0 unspecified atom stereocenters. The molecule has 1 atom stereocenters. The molecule has 0 aromatic heterocycles. The Labute approximate surface area is 126 Å². The van der Waals surface area contributed by atoms with E-state index in [4.69, 9.17) is 5.11 Å². The molecule has 2 aromatic rings. The first kappa shape index (κ1) is 14.0. The molecular formula is C17H13NO4. The van der Waals surface area contributed by atoms with Gasteiger partial charge in [-0.2, -0.15) is 0 Å². The van der Waals surface area contributed by atoms with E-state index in [-0.39, 0.29) is 0 Å². The molecule has 0 heterocycles. The number of nitrogens with one attached hydrogen (secondary N) is 1. The van der Waals surface area contributed by atoms with Gasteiger partial charge in [-0.3, -0.25) is 4.79 Å². The third-order valence-electron chi connectivity index (χ3n) is 3.54. The normalized spacial score (nSPS) is 15.4. The van der Waals surface area contributed by atoms with Crippen molar-refractivity contribution in [1.82, 2.24) is 0 Å². The second-order valence-corrected chi connectivity index (χ2v) is 4.95. The molecule has 0 spiro atoms. The van der Waals surface area contributed by atoms with Crippen molar-refractivity contribution in [2.45, 2.75) is 6.10 Å². The number of hydrogen-bond donors (Lipinski definition) is 3. The van der Waals surface area contributed by atoms with Gasteiger partial charge in [-0.1, -0.05) is 30.3 Å². The lowest BCUT2D eigenvalue weighted by molar-refractivity contribution is -0.131. The van der Waals surface area contributed by atoms with E-state index < -0.39 is 18.0 Å². The van der Waals surface area contributed by atoms with Crippen LogP contribution in [-0.4, -0.2) is 22.1 Å². The smallest absolute Gasteiger partial charge is 0.328 e. The number of carboxylic acid groups (broad SMARTS) is 1. The van der Waals surface area contributed by atoms with Crippen LogP contribution in [0.3, 0.4) is 0 Å². The van der Waals surface area contributed by atoms with Crippen LogP contribution in [0.15, 0.2) is 54.6 Å². The fourth-order valence-electron chi connectivity index (χ4n) is 2.59. The summed E-state index contributed by atoms with van der Waals surface area (Å²) in [5, 5.41) is 21.4. The Balaban J connectivity index is 1.87. The standard InChI is InChI=1S/C17H13NO4/c19-15(7-8-16(20)21)18-10-5-6-12-11-3-1-2-4-13(11)17(22)14(12)9-10/h1-9,17,22H,(H,18,19)(H,20,21)/b8-7+/t17-/m1/s1. The van der Waals surface area contributed by atoms with Crippen LogP contribution in [0.5, 0.6) is 0 Å². The Morgan fingerprint density at radius 2 is 1.73 bits per heavy atom. The molecule has 0 fully saturated rings. The average Bonchev–Trinajstić information content (AvgIpc) is 2.79. The molecular weight excluding hydrogens is 282 g/mol. The van der Waals surface area contributed by atoms with Gasteiger partial charge < -0.3 is 15.5 Å². The summed E-state index contributed by atoms with van der Waals surface area (Å²) in [6.45, 7) is 0. The van der Waals surface area contributed by atoms with Crippen molar-refractivity contribution < 1.29 is 19.8 Å². The van der Waals surface area contributed by atoms with Crippen molar-refractivity contribution >= 4 is 17.6 Å². The number of anilines is 1. The van der Waals surface area contributed by atoms with Crippen LogP contribution in [0.4, 0.5) is 5.69 Å². The van der Waals surface area contributed by atoms with Gasteiger partial charge in [0.25, 0.3) is 0 Å². The SMILES string of the molecule is O=C(O)/C=C/C(=O)Nc1ccc2c(c1)[C@H](O)c1ccccc1-2. The number of aliphatic carboxylic acids is 1. The van der Waals surface area contributed by atoms with Gasteiger partial charge in [0.05, 0.1) is 0 Å². The molecule has 110 valence electrons. The fourth-order valence-corrected chi connectivity index (χ4v) is 2.59. The van der Waals surface area contributed by atoms with Gasteiger partial charge >= 0.3 is 5.97 Å². The van der Waals surface area contributed by atoms with Crippen molar-refractivity contribution in [1.29, 1.82) is 0 Å². The topological polar surface area (TPSA) is 86.6 Å². The van der Waals surface area contributed by atoms with E-state index in [1.54, 1.807) is 12.1 Å². The maximum atomic E-state index is 11.6. The number of carbonyl (C=O) groups is 2. The number of aliphatic hydroxyl groups excluding tert-OH is 1. The lowest BCUT2D eigenvalue weighted by Gasteiger charge is -2.08. The van der Waals surface area contributed by atoms with E-state index >= 15 is 0 Å². The third kappa shape index (κ3) is 2.49. The highest BCUT2D eigenvalue weighted by molar-refractivity contribution is 6.02. The Hall–Kier alpha value is -2.92. The summed E-state index contributed by atoms with van der Waals surface area (Å²) in [6, 6.07) is 12.8. The number of hydrogen-bond acceptors (Lipinski definition) is 3. The zero-order valence-corrected chi connectivity index (χ0v) is 11.5. The molecule has 0 bridgehead atoms. The predicted octanol–water partition coefficient (Wildman–Crippen LogP) is 2.33. The van der Waals surface area contributed by atoms with Crippen LogP contribution >= 0.6 is 0 Å². The van der Waals surface area contributed by atoms with Crippen LogP contribution in [-0.2, 0) is 9.59 Å². The minimum atomic E-state index is -1.19. The summed E-state index contributed by atoms with van der Waals surface area (Å²) in [7, 11) is 0. The zero-order valence-electron chi connectivity index (χ0n) is 11.5. The minimum Gasteiger partial charge on any atom is -0.478 e. The van der Waals surface area contributed by atoms with E-state index in [0.29, 0.717) is 5.69 Å². The first-order valence-electron chi connectivity index (χ1n) is 6.69. The van der Waals surface area contributed by atoms with Gasteiger partial charge in [0.2, 0.25) is 5.91 Å². The highest BCUT2D eigenvalue weighted by atomic mass is 16.4. The molecule has 2 aromatic carbocycles. The van der Waals surface area contributed by atoms with E-state index in [2.05, 4.69) is 5.32 Å². The fraction of sp³-hybridized carbons (Fsp3) is 0.0588. The van der Waals surface area contributed by atoms with Crippen molar-refractivity contribution in [2.24, 2.45) is 0 Å². The third-order valence-corrected chi connectivity index (χ3v) is 3.54. The van der Waals surface area contributed by atoms with Crippen LogP contribution in [0.25, 0.3) is 11.1 Å². The summed E-state index contributed by atoms with van der Waals surface area (Å²) in [6.07, 6.45) is 0.992. The molecule has 1 amide bonds. The van der Waals surface area contributed by atoms with Gasteiger partial charge in [0, 0.05) is 17.8 Å². The molecule has 22 heavy (non-hydrogen) atoms. The maximum absolute atomic E-state index is 11.6. The van der Waals surface area contributed by atoms with Gasteiger partial charge in [0.1, 0.15) is 6.10 Å². The van der Waals surface area contributed by atoms with E-state index in [1.807, 2.05) is 30.3 Å². The maximum Gasteiger partial charge on any atom is 0.328 e. The summed E-state index contributed by atoms with van der Waals surface area (Å²) in [5.74, 6) is -1.72.